The number of rotatable bonds is 6. The molecule has 1 amide bonds. The molecule has 9 heteroatoms. The lowest BCUT2D eigenvalue weighted by atomic mass is 9.82. The lowest BCUT2D eigenvalue weighted by Gasteiger charge is -2.31. The van der Waals surface area contributed by atoms with Crippen molar-refractivity contribution in [2.24, 2.45) is 0 Å². The first-order valence-electron chi connectivity index (χ1n) is 11.6. The molecule has 37 heavy (non-hydrogen) atoms. The van der Waals surface area contributed by atoms with E-state index in [1.54, 1.807) is 24.4 Å². The number of alkyl halides is 3. The van der Waals surface area contributed by atoms with Gasteiger partial charge in [-0.15, -0.1) is 0 Å². The summed E-state index contributed by atoms with van der Waals surface area (Å²) in [5, 5.41) is 3.53. The summed E-state index contributed by atoms with van der Waals surface area (Å²) in [6.45, 7) is 4.44. The number of hydrogen-bond acceptors (Lipinski definition) is 5. The normalized spacial score (nSPS) is 12.2. The highest BCUT2D eigenvalue weighted by Crippen LogP contribution is 2.37. The number of hydrogen-bond donors (Lipinski definition) is 2. The van der Waals surface area contributed by atoms with Crippen LogP contribution in [0.3, 0.4) is 0 Å². The Labute approximate surface area is 213 Å². The number of nitrogens with two attached hydrogens (primary N) is 1. The SMILES string of the molecule is CN(C)CC(C)(C)c1ccc(C(F)(F)F)cc1NC(=O)c1cccc(-c2ccc3nc(N)ncc3c2)c1. The second-order valence-electron chi connectivity index (χ2n) is 9.92. The minimum Gasteiger partial charge on any atom is -0.368 e. The predicted octanol–water partition coefficient (Wildman–Crippen LogP) is 5.99. The van der Waals surface area contributed by atoms with Crippen molar-refractivity contribution >= 4 is 28.4 Å². The molecule has 0 unspecified atom stereocenters. The molecule has 6 nitrogen and oxygen atoms in total. The summed E-state index contributed by atoms with van der Waals surface area (Å²) in [5.74, 6) is -0.318. The number of carbonyl (C=O) groups excluding carboxylic acids is 1. The Morgan fingerprint density at radius 1 is 1.00 bits per heavy atom. The van der Waals surface area contributed by atoms with Gasteiger partial charge in [0.25, 0.3) is 5.91 Å². The van der Waals surface area contributed by atoms with Gasteiger partial charge < -0.3 is 16.0 Å². The first-order chi connectivity index (χ1) is 17.3. The van der Waals surface area contributed by atoms with E-state index in [0.29, 0.717) is 23.2 Å². The highest BCUT2D eigenvalue weighted by atomic mass is 19.4. The van der Waals surface area contributed by atoms with Crippen LogP contribution >= 0.6 is 0 Å². The molecular formula is C28H28F3N5O. The zero-order valence-electron chi connectivity index (χ0n) is 21.0. The standard InChI is InChI=1S/C28H28F3N5O/c1-27(2,16-36(3)4)22-10-9-21(28(29,30)31)14-24(22)34-25(37)19-7-5-6-17(12-19)18-8-11-23-20(13-18)15-33-26(32)35-23/h5-15H,16H2,1-4H3,(H,34,37)(H2,32,33,35). The molecule has 3 N–H and O–H groups in total. The minimum atomic E-state index is -4.53. The van der Waals surface area contributed by atoms with Gasteiger partial charge in [-0.25, -0.2) is 9.97 Å². The van der Waals surface area contributed by atoms with Crippen molar-refractivity contribution in [1.82, 2.24) is 14.9 Å². The van der Waals surface area contributed by atoms with Gasteiger partial charge in [0.1, 0.15) is 0 Å². The summed E-state index contributed by atoms with van der Waals surface area (Å²) in [7, 11) is 3.78. The average molecular weight is 508 g/mol. The average Bonchev–Trinajstić information content (AvgIpc) is 2.82. The summed E-state index contributed by atoms with van der Waals surface area (Å²) in [4.78, 5) is 23.4. The van der Waals surface area contributed by atoms with E-state index in [-0.39, 0.29) is 11.6 Å². The molecule has 0 saturated carbocycles. The lowest BCUT2D eigenvalue weighted by Crippen LogP contribution is -2.33. The van der Waals surface area contributed by atoms with Crippen LogP contribution in [0.1, 0.15) is 35.3 Å². The molecule has 4 aromatic rings. The molecular weight excluding hydrogens is 479 g/mol. The predicted molar refractivity (Wildman–Crippen MR) is 140 cm³/mol. The number of likely N-dealkylation sites (N-methyl/N-ethyl adjacent to an activating group) is 1. The number of carbonyl (C=O) groups is 1. The summed E-state index contributed by atoms with van der Waals surface area (Å²) in [6, 6.07) is 16.0. The van der Waals surface area contributed by atoms with E-state index in [1.807, 2.05) is 57.1 Å². The molecule has 0 radical (unpaired) electrons. The largest absolute Gasteiger partial charge is 0.416 e. The number of aromatic nitrogens is 2. The Morgan fingerprint density at radius 2 is 1.73 bits per heavy atom. The fraction of sp³-hybridized carbons (Fsp3) is 0.250. The zero-order chi connectivity index (χ0) is 27.0. The van der Waals surface area contributed by atoms with Crippen LogP contribution in [0.2, 0.25) is 0 Å². The van der Waals surface area contributed by atoms with E-state index in [9.17, 15) is 18.0 Å². The minimum absolute atomic E-state index is 0.137. The second-order valence-corrected chi connectivity index (χ2v) is 9.92. The highest BCUT2D eigenvalue weighted by molar-refractivity contribution is 6.05. The van der Waals surface area contributed by atoms with Crippen molar-refractivity contribution in [1.29, 1.82) is 0 Å². The van der Waals surface area contributed by atoms with Gasteiger partial charge in [0.2, 0.25) is 5.95 Å². The Hall–Kier alpha value is -3.98. The Kier molecular flexibility index (Phi) is 6.92. The Morgan fingerprint density at radius 3 is 2.43 bits per heavy atom. The van der Waals surface area contributed by atoms with E-state index in [0.717, 1.165) is 28.6 Å². The second kappa shape index (κ2) is 9.82. The van der Waals surface area contributed by atoms with Gasteiger partial charge in [-0.05, 0) is 67.2 Å². The molecule has 3 aromatic carbocycles. The quantitative estimate of drug-likeness (QED) is 0.335. The van der Waals surface area contributed by atoms with Crippen LogP contribution < -0.4 is 11.1 Å². The maximum Gasteiger partial charge on any atom is 0.416 e. The van der Waals surface area contributed by atoms with Gasteiger partial charge in [-0.3, -0.25) is 4.79 Å². The number of nitrogens with zero attached hydrogens (tertiary/aromatic N) is 3. The number of anilines is 2. The monoisotopic (exact) mass is 507 g/mol. The first-order valence-corrected chi connectivity index (χ1v) is 11.6. The van der Waals surface area contributed by atoms with Gasteiger partial charge in [0.15, 0.2) is 0 Å². The van der Waals surface area contributed by atoms with Crippen molar-refractivity contribution in [3.05, 3.63) is 83.6 Å². The summed E-state index contributed by atoms with van der Waals surface area (Å²) in [5.41, 5.74) is 7.69. The van der Waals surface area contributed by atoms with Crippen LogP contribution in [0.4, 0.5) is 24.8 Å². The van der Waals surface area contributed by atoms with Crippen molar-refractivity contribution in [3.63, 3.8) is 0 Å². The molecule has 0 aliphatic carbocycles. The smallest absolute Gasteiger partial charge is 0.368 e. The van der Waals surface area contributed by atoms with E-state index < -0.39 is 23.1 Å². The van der Waals surface area contributed by atoms with Crippen LogP contribution in [-0.4, -0.2) is 41.4 Å². The Bertz CT molecular complexity index is 1460. The third-order valence-electron chi connectivity index (χ3n) is 6.09. The maximum absolute atomic E-state index is 13.5. The summed E-state index contributed by atoms with van der Waals surface area (Å²) in [6.07, 6.45) is -2.91. The van der Waals surface area contributed by atoms with Gasteiger partial charge in [-0.2, -0.15) is 13.2 Å². The fourth-order valence-corrected chi connectivity index (χ4v) is 4.55. The van der Waals surface area contributed by atoms with Gasteiger partial charge in [-0.1, -0.05) is 38.1 Å². The van der Waals surface area contributed by atoms with Crippen LogP contribution in [0, 0.1) is 0 Å². The topological polar surface area (TPSA) is 84.1 Å². The van der Waals surface area contributed by atoms with E-state index >= 15 is 0 Å². The molecule has 0 bridgehead atoms. The molecule has 0 atom stereocenters. The maximum atomic E-state index is 13.5. The van der Waals surface area contributed by atoms with Crippen molar-refractivity contribution in [3.8, 4) is 11.1 Å². The van der Waals surface area contributed by atoms with Crippen LogP contribution in [0.15, 0.2) is 66.9 Å². The lowest BCUT2D eigenvalue weighted by molar-refractivity contribution is -0.137. The molecule has 192 valence electrons. The molecule has 0 aliphatic heterocycles. The van der Waals surface area contributed by atoms with Crippen molar-refractivity contribution in [2.45, 2.75) is 25.4 Å². The van der Waals surface area contributed by atoms with Gasteiger partial charge in [0, 0.05) is 34.8 Å². The van der Waals surface area contributed by atoms with E-state index in [2.05, 4.69) is 15.3 Å². The van der Waals surface area contributed by atoms with Gasteiger partial charge >= 0.3 is 6.18 Å². The fourth-order valence-electron chi connectivity index (χ4n) is 4.55. The molecule has 0 spiro atoms. The zero-order valence-corrected chi connectivity index (χ0v) is 21.0. The number of amides is 1. The third-order valence-corrected chi connectivity index (χ3v) is 6.09. The molecule has 1 aromatic heterocycles. The molecule has 0 aliphatic rings. The highest BCUT2D eigenvalue weighted by Gasteiger charge is 2.33. The van der Waals surface area contributed by atoms with Crippen molar-refractivity contribution in [2.75, 3.05) is 31.7 Å². The van der Waals surface area contributed by atoms with Crippen LogP contribution in [-0.2, 0) is 11.6 Å². The molecule has 0 fully saturated rings. The molecule has 4 rings (SSSR count). The van der Waals surface area contributed by atoms with Crippen molar-refractivity contribution < 1.29 is 18.0 Å². The number of halogens is 3. The number of nitrogen functional groups attached to an aromatic ring is 1. The molecule has 1 heterocycles. The number of benzene rings is 3. The number of fused-ring (bicyclic) bond motifs is 1. The third kappa shape index (κ3) is 5.89. The van der Waals surface area contributed by atoms with Crippen LogP contribution in [0.5, 0.6) is 0 Å². The van der Waals surface area contributed by atoms with E-state index in [4.69, 9.17) is 5.73 Å². The van der Waals surface area contributed by atoms with Gasteiger partial charge in [0.05, 0.1) is 11.1 Å². The summed E-state index contributed by atoms with van der Waals surface area (Å²) < 4.78 is 40.5. The van der Waals surface area contributed by atoms with E-state index in [1.165, 1.54) is 6.07 Å². The Balaban J connectivity index is 1.69. The van der Waals surface area contributed by atoms with Crippen LogP contribution in [0.25, 0.3) is 22.0 Å². The number of nitrogens with one attached hydrogen (secondary N) is 1. The molecule has 0 saturated heterocycles. The summed E-state index contributed by atoms with van der Waals surface area (Å²) >= 11 is 0. The first kappa shape index (κ1) is 26.1.